The minimum absolute atomic E-state index is 0.0517. The van der Waals surface area contributed by atoms with Gasteiger partial charge in [-0.25, -0.2) is 4.98 Å². The highest BCUT2D eigenvalue weighted by atomic mass is 16.5. The Balaban J connectivity index is 1.63. The first kappa shape index (κ1) is 16.4. The van der Waals surface area contributed by atoms with E-state index in [0.29, 0.717) is 29.8 Å². The lowest BCUT2D eigenvalue weighted by atomic mass is 9.97. The summed E-state index contributed by atoms with van der Waals surface area (Å²) in [6.45, 7) is 0.467. The van der Waals surface area contributed by atoms with Crippen LogP contribution in [0, 0.1) is 0 Å². The van der Waals surface area contributed by atoms with Crippen molar-refractivity contribution >= 4 is 11.7 Å². The Labute approximate surface area is 150 Å². The number of ether oxygens (including phenoxy) is 2. The number of fused-ring (bicyclic) bond motifs is 2. The summed E-state index contributed by atoms with van der Waals surface area (Å²) >= 11 is 0. The monoisotopic (exact) mass is 355 g/mol. The molecular formula is C18H21N5O3. The van der Waals surface area contributed by atoms with Crippen LogP contribution < -0.4 is 20.3 Å². The Morgan fingerprint density at radius 2 is 2.04 bits per heavy atom. The van der Waals surface area contributed by atoms with E-state index >= 15 is 0 Å². The Bertz CT molecular complexity index is 1010. The van der Waals surface area contributed by atoms with Crippen molar-refractivity contribution < 1.29 is 9.47 Å². The van der Waals surface area contributed by atoms with Crippen molar-refractivity contribution in [3.63, 3.8) is 0 Å². The minimum Gasteiger partial charge on any atom is -0.493 e. The standard InChI is InChI=1S/C18H21N5O3/c1-25-14-9-5-6-11(15(14)26-2)10-19-17-21-18-20-13-8-4-3-7-12(13)16(24)23(18)22-17/h5-6,9H,3-4,7-8,10H2,1-2H3,(H2,19,20,21,22). The van der Waals surface area contributed by atoms with Crippen LogP contribution in [0.1, 0.15) is 29.7 Å². The van der Waals surface area contributed by atoms with Crippen molar-refractivity contribution in [1.29, 1.82) is 0 Å². The van der Waals surface area contributed by atoms with Crippen LogP contribution in [0.15, 0.2) is 23.0 Å². The molecule has 136 valence electrons. The number of hydrogen-bond donors (Lipinski definition) is 2. The molecule has 4 rings (SSSR count). The molecule has 0 fully saturated rings. The van der Waals surface area contributed by atoms with Gasteiger partial charge in [-0.2, -0.15) is 9.50 Å². The fourth-order valence-electron chi connectivity index (χ4n) is 3.40. The quantitative estimate of drug-likeness (QED) is 0.726. The van der Waals surface area contributed by atoms with E-state index in [-0.39, 0.29) is 5.56 Å². The summed E-state index contributed by atoms with van der Waals surface area (Å²) in [4.78, 5) is 21.6. The van der Waals surface area contributed by atoms with Crippen molar-refractivity contribution in [1.82, 2.24) is 19.6 Å². The SMILES string of the molecule is COc1cccc(CNc2nc3nc4c(c(=O)n3[nH]2)CCCC4)c1OC. The fraction of sp³-hybridized carbons (Fsp3) is 0.389. The average Bonchev–Trinajstić information content (AvgIpc) is 3.09. The molecule has 26 heavy (non-hydrogen) atoms. The van der Waals surface area contributed by atoms with E-state index in [1.165, 1.54) is 4.52 Å². The third-order valence-electron chi connectivity index (χ3n) is 4.70. The van der Waals surface area contributed by atoms with Gasteiger partial charge in [0.15, 0.2) is 11.5 Å². The number of aromatic nitrogens is 4. The number of nitrogens with zero attached hydrogens (tertiary/aromatic N) is 3. The molecule has 0 spiro atoms. The molecule has 0 amide bonds. The van der Waals surface area contributed by atoms with Gasteiger partial charge in [0.25, 0.3) is 11.3 Å². The second-order valence-corrected chi connectivity index (χ2v) is 6.26. The van der Waals surface area contributed by atoms with Gasteiger partial charge >= 0.3 is 0 Å². The zero-order valence-electron chi connectivity index (χ0n) is 14.8. The van der Waals surface area contributed by atoms with E-state index in [4.69, 9.17) is 9.47 Å². The Kier molecular flexibility index (Phi) is 4.24. The van der Waals surface area contributed by atoms with Gasteiger partial charge < -0.3 is 14.8 Å². The molecule has 1 aliphatic rings. The Morgan fingerprint density at radius 1 is 1.19 bits per heavy atom. The minimum atomic E-state index is -0.0517. The largest absolute Gasteiger partial charge is 0.493 e. The number of benzene rings is 1. The number of rotatable bonds is 5. The van der Waals surface area contributed by atoms with Crippen molar-refractivity contribution in [2.75, 3.05) is 19.5 Å². The van der Waals surface area contributed by atoms with Gasteiger partial charge in [0.1, 0.15) is 0 Å². The lowest BCUT2D eigenvalue weighted by Gasteiger charge is -2.12. The van der Waals surface area contributed by atoms with Gasteiger partial charge in [-0.15, -0.1) is 0 Å². The summed E-state index contributed by atoms with van der Waals surface area (Å²) in [7, 11) is 3.21. The van der Waals surface area contributed by atoms with Crippen LogP contribution in [0.25, 0.3) is 5.78 Å². The molecule has 3 aromatic rings. The molecule has 2 aromatic heterocycles. The third-order valence-corrected chi connectivity index (χ3v) is 4.70. The first-order valence-corrected chi connectivity index (χ1v) is 8.65. The van der Waals surface area contributed by atoms with E-state index in [1.807, 2.05) is 18.2 Å². The number of H-pyrrole nitrogens is 1. The maximum atomic E-state index is 12.6. The van der Waals surface area contributed by atoms with Gasteiger partial charge in [-0.3, -0.25) is 9.89 Å². The van der Waals surface area contributed by atoms with Gasteiger partial charge in [-0.1, -0.05) is 12.1 Å². The predicted molar refractivity (Wildman–Crippen MR) is 97.1 cm³/mol. The van der Waals surface area contributed by atoms with E-state index in [9.17, 15) is 4.79 Å². The van der Waals surface area contributed by atoms with E-state index in [1.54, 1.807) is 14.2 Å². The zero-order chi connectivity index (χ0) is 18.1. The van der Waals surface area contributed by atoms with E-state index in [0.717, 1.165) is 42.5 Å². The Hall–Kier alpha value is -3.03. The molecular weight excluding hydrogens is 334 g/mol. The Morgan fingerprint density at radius 3 is 2.85 bits per heavy atom. The molecule has 0 unspecified atom stereocenters. The number of hydrogen-bond acceptors (Lipinski definition) is 6. The van der Waals surface area contributed by atoms with Crippen LogP contribution in [-0.2, 0) is 19.4 Å². The molecule has 1 aromatic carbocycles. The number of para-hydroxylation sites is 1. The van der Waals surface area contributed by atoms with Crippen molar-refractivity contribution in [3.05, 3.63) is 45.4 Å². The molecule has 2 heterocycles. The highest BCUT2D eigenvalue weighted by molar-refractivity contribution is 5.48. The molecule has 8 heteroatoms. The maximum Gasteiger partial charge on any atom is 0.277 e. The van der Waals surface area contributed by atoms with Crippen LogP contribution >= 0.6 is 0 Å². The van der Waals surface area contributed by atoms with Gasteiger partial charge in [-0.05, 0) is 31.7 Å². The summed E-state index contributed by atoms with van der Waals surface area (Å²) in [5.74, 6) is 2.23. The van der Waals surface area contributed by atoms with E-state index < -0.39 is 0 Å². The van der Waals surface area contributed by atoms with Crippen LogP contribution in [0.3, 0.4) is 0 Å². The fourth-order valence-corrected chi connectivity index (χ4v) is 3.40. The number of methoxy groups -OCH3 is 2. The molecule has 0 radical (unpaired) electrons. The van der Waals surface area contributed by atoms with Crippen LogP contribution in [0.4, 0.5) is 5.95 Å². The second-order valence-electron chi connectivity index (χ2n) is 6.26. The number of nitrogens with one attached hydrogen (secondary N) is 2. The lowest BCUT2D eigenvalue weighted by molar-refractivity contribution is 0.352. The number of aryl methyl sites for hydroxylation is 1. The second kappa shape index (κ2) is 6.70. The number of aromatic amines is 1. The summed E-state index contributed by atoms with van der Waals surface area (Å²) in [6.07, 6.45) is 3.73. The molecule has 0 aliphatic heterocycles. The highest BCUT2D eigenvalue weighted by Gasteiger charge is 2.18. The molecule has 0 saturated heterocycles. The van der Waals surface area contributed by atoms with Gasteiger partial charge in [0.2, 0.25) is 5.95 Å². The maximum absolute atomic E-state index is 12.6. The smallest absolute Gasteiger partial charge is 0.277 e. The van der Waals surface area contributed by atoms with Crippen LogP contribution in [0.5, 0.6) is 11.5 Å². The molecule has 0 bridgehead atoms. The lowest BCUT2D eigenvalue weighted by Crippen LogP contribution is -2.25. The summed E-state index contributed by atoms with van der Waals surface area (Å²) in [5, 5.41) is 6.19. The number of anilines is 1. The highest BCUT2D eigenvalue weighted by Crippen LogP contribution is 2.30. The third kappa shape index (κ3) is 2.77. The molecule has 8 nitrogen and oxygen atoms in total. The van der Waals surface area contributed by atoms with E-state index in [2.05, 4.69) is 20.4 Å². The molecule has 1 aliphatic carbocycles. The predicted octanol–water partition coefficient (Wildman–Crippen LogP) is 1.93. The van der Waals surface area contributed by atoms with Gasteiger partial charge in [0, 0.05) is 17.7 Å². The van der Waals surface area contributed by atoms with Crippen molar-refractivity contribution in [2.45, 2.75) is 32.2 Å². The average molecular weight is 355 g/mol. The van der Waals surface area contributed by atoms with Crippen molar-refractivity contribution in [2.24, 2.45) is 0 Å². The summed E-state index contributed by atoms with van der Waals surface area (Å²) in [6, 6.07) is 5.69. The molecule has 0 saturated carbocycles. The molecule has 2 N–H and O–H groups in total. The van der Waals surface area contributed by atoms with Crippen LogP contribution in [0.2, 0.25) is 0 Å². The summed E-state index contributed by atoms with van der Waals surface area (Å²) < 4.78 is 12.2. The first-order valence-electron chi connectivity index (χ1n) is 8.65. The normalized spacial score (nSPS) is 13.5. The van der Waals surface area contributed by atoms with Crippen molar-refractivity contribution in [3.8, 4) is 11.5 Å². The topological polar surface area (TPSA) is 93.5 Å². The van der Waals surface area contributed by atoms with Crippen LogP contribution in [-0.4, -0.2) is 33.8 Å². The zero-order valence-corrected chi connectivity index (χ0v) is 14.8. The summed E-state index contributed by atoms with van der Waals surface area (Å²) in [5.41, 5.74) is 2.56. The van der Waals surface area contributed by atoms with Gasteiger partial charge in [0.05, 0.1) is 19.9 Å². The molecule has 0 atom stereocenters. The first-order chi connectivity index (χ1) is 12.7.